The molecule has 4 rings (SSSR count). The highest BCUT2D eigenvalue weighted by Gasteiger charge is 2.32. The van der Waals surface area contributed by atoms with Crippen molar-refractivity contribution >= 4 is 16.9 Å². The van der Waals surface area contributed by atoms with E-state index in [4.69, 9.17) is 5.73 Å². The highest BCUT2D eigenvalue weighted by atomic mass is 19.4. The first-order valence-corrected chi connectivity index (χ1v) is 9.74. The Balaban J connectivity index is 1.81. The first kappa shape index (κ1) is 22.1. The smallest absolute Gasteiger partial charge is 0.363 e. The van der Waals surface area contributed by atoms with E-state index in [0.717, 1.165) is 16.7 Å². The summed E-state index contributed by atoms with van der Waals surface area (Å²) in [7, 11) is 1.62. The fourth-order valence-corrected chi connectivity index (χ4v) is 3.75. The topological polar surface area (TPSA) is 105 Å². The average Bonchev–Trinajstić information content (AvgIpc) is 3.07. The third-order valence-corrected chi connectivity index (χ3v) is 5.51. The number of hydrogen-bond acceptors (Lipinski definition) is 4. The lowest BCUT2D eigenvalue weighted by atomic mass is 10.0. The highest BCUT2D eigenvalue weighted by Crippen LogP contribution is 2.33. The monoisotopic (exact) mass is 457 g/mol. The summed E-state index contributed by atoms with van der Waals surface area (Å²) in [6, 6.07) is 9.58. The minimum atomic E-state index is -4.55. The maximum atomic E-state index is 13.2. The number of carbonyl (C=O) groups excluding carboxylic acids is 1. The Kier molecular flexibility index (Phi) is 5.19. The number of amides is 1. The second-order valence-corrected chi connectivity index (χ2v) is 7.51. The summed E-state index contributed by atoms with van der Waals surface area (Å²) in [6.45, 7) is 0.974. The Bertz CT molecular complexity index is 1530. The number of hydrogen-bond donors (Lipinski definition) is 1. The molecule has 0 fully saturated rings. The predicted molar refractivity (Wildman–Crippen MR) is 114 cm³/mol. The molecular weight excluding hydrogens is 439 g/mol. The Hall–Kier alpha value is -4.15. The van der Waals surface area contributed by atoms with Crippen LogP contribution in [-0.2, 0) is 19.8 Å². The van der Waals surface area contributed by atoms with Gasteiger partial charge in [-0.2, -0.15) is 13.2 Å². The van der Waals surface area contributed by atoms with E-state index in [1.165, 1.54) is 34.4 Å². The summed E-state index contributed by atoms with van der Waals surface area (Å²) in [6.07, 6.45) is -3.27. The zero-order chi connectivity index (χ0) is 24.1. The molecule has 11 heteroatoms. The second kappa shape index (κ2) is 7.76. The van der Waals surface area contributed by atoms with E-state index in [-0.39, 0.29) is 23.5 Å². The first-order valence-electron chi connectivity index (χ1n) is 9.74. The van der Waals surface area contributed by atoms with Crippen LogP contribution < -0.4 is 17.0 Å². The van der Waals surface area contributed by atoms with Crippen LogP contribution in [0.3, 0.4) is 0 Å². The zero-order valence-corrected chi connectivity index (χ0v) is 17.6. The van der Waals surface area contributed by atoms with E-state index in [1.807, 2.05) is 0 Å². The molecule has 2 aromatic heterocycles. The molecule has 0 radical (unpaired) electrons. The zero-order valence-electron chi connectivity index (χ0n) is 17.6. The maximum absolute atomic E-state index is 13.2. The van der Waals surface area contributed by atoms with Gasteiger partial charge in [-0.1, -0.05) is 12.1 Å². The van der Waals surface area contributed by atoms with Gasteiger partial charge in [-0.25, -0.2) is 9.78 Å². The van der Waals surface area contributed by atoms with Crippen LogP contribution in [0.25, 0.3) is 16.7 Å². The van der Waals surface area contributed by atoms with Gasteiger partial charge < -0.3 is 10.3 Å². The van der Waals surface area contributed by atoms with Gasteiger partial charge in [-0.3, -0.25) is 18.7 Å². The molecule has 0 saturated heterocycles. The van der Waals surface area contributed by atoms with E-state index in [0.29, 0.717) is 16.7 Å². The number of imidazole rings is 1. The lowest BCUT2D eigenvalue weighted by Crippen LogP contribution is -2.38. The minimum Gasteiger partial charge on any atom is -0.363 e. The third-order valence-electron chi connectivity index (χ3n) is 5.51. The van der Waals surface area contributed by atoms with E-state index in [1.54, 1.807) is 25.2 Å². The van der Waals surface area contributed by atoms with Crippen molar-refractivity contribution in [2.45, 2.75) is 19.6 Å². The normalized spacial score (nSPS) is 11.8. The lowest BCUT2D eigenvalue weighted by molar-refractivity contribution is -0.138. The number of alkyl halides is 3. The van der Waals surface area contributed by atoms with Crippen molar-refractivity contribution in [1.29, 1.82) is 0 Å². The van der Waals surface area contributed by atoms with Crippen molar-refractivity contribution in [1.82, 2.24) is 18.7 Å². The second-order valence-electron chi connectivity index (χ2n) is 7.51. The van der Waals surface area contributed by atoms with Crippen molar-refractivity contribution in [3.05, 3.63) is 92.0 Å². The van der Waals surface area contributed by atoms with E-state index >= 15 is 0 Å². The molecule has 2 heterocycles. The average molecular weight is 457 g/mol. The van der Waals surface area contributed by atoms with Gasteiger partial charge in [0.15, 0.2) is 5.82 Å². The van der Waals surface area contributed by atoms with Crippen LogP contribution in [0.5, 0.6) is 0 Å². The number of fused-ring (bicyclic) bond motifs is 1. The van der Waals surface area contributed by atoms with Crippen LogP contribution in [0.15, 0.2) is 58.3 Å². The number of benzene rings is 2. The molecule has 0 aliphatic heterocycles. The summed E-state index contributed by atoms with van der Waals surface area (Å²) >= 11 is 0. The minimum absolute atomic E-state index is 0.0412. The quantitative estimate of drug-likeness (QED) is 0.508. The van der Waals surface area contributed by atoms with Crippen molar-refractivity contribution in [2.24, 2.45) is 12.8 Å². The molecule has 2 N–H and O–H groups in total. The molecular formula is C22H18F3N5O3. The molecule has 2 aromatic carbocycles. The number of aromatic nitrogens is 4. The Morgan fingerprint density at radius 1 is 1.12 bits per heavy atom. The van der Waals surface area contributed by atoms with Crippen LogP contribution in [0.4, 0.5) is 13.2 Å². The van der Waals surface area contributed by atoms with Gasteiger partial charge in [0.1, 0.15) is 0 Å². The van der Waals surface area contributed by atoms with Crippen LogP contribution in [-0.4, -0.2) is 24.6 Å². The molecule has 0 saturated carbocycles. The Labute approximate surface area is 184 Å². The fourth-order valence-electron chi connectivity index (χ4n) is 3.75. The molecule has 33 heavy (non-hydrogen) atoms. The molecule has 0 aliphatic rings. The summed E-state index contributed by atoms with van der Waals surface area (Å²) in [5.41, 5.74) is 4.63. The van der Waals surface area contributed by atoms with E-state index < -0.39 is 28.9 Å². The molecule has 0 bridgehead atoms. The molecule has 4 aromatic rings. The number of nitrogens with zero attached hydrogens (tertiary/aromatic N) is 4. The number of primary amides is 1. The van der Waals surface area contributed by atoms with Crippen LogP contribution in [0, 0.1) is 6.92 Å². The van der Waals surface area contributed by atoms with Crippen LogP contribution in [0.1, 0.15) is 27.3 Å². The van der Waals surface area contributed by atoms with Crippen molar-refractivity contribution in [2.75, 3.05) is 0 Å². The van der Waals surface area contributed by atoms with E-state index in [2.05, 4.69) is 4.98 Å². The number of carbonyl (C=O) groups is 1. The number of nitrogens with two attached hydrogens (primary N) is 1. The molecule has 1 amide bonds. The van der Waals surface area contributed by atoms with Crippen molar-refractivity contribution in [3.8, 4) is 5.69 Å². The summed E-state index contributed by atoms with van der Waals surface area (Å²) in [4.78, 5) is 41.2. The lowest BCUT2D eigenvalue weighted by Gasteiger charge is -2.15. The summed E-state index contributed by atoms with van der Waals surface area (Å²) in [5, 5.41) is 0. The Morgan fingerprint density at radius 3 is 2.52 bits per heavy atom. The molecule has 0 spiro atoms. The van der Waals surface area contributed by atoms with Crippen molar-refractivity contribution < 1.29 is 18.0 Å². The molecule has 8 nitrogen and oxygen atoms in total. The molecule has 0 unspecified atom stereocenters. The molecule has 170 valence electrons. The largest absolute Gasteiger partial charge is 0.416 e. The standard InChI is InChI=1S/C22H18F3N5O3/c1-12-13(4-3-5-15(12)22(23,24)25)11-30-18(31)8-9-29(21(30)33)14-6-7-17-16(10-14)27-20(19(26)32)28(17)2/h3-10H,11H2,1-2H3,(H2,26,32). The SMILES string of the molecule is Cc1c(Cn2c(=O)ccn(-c3ccc4c(c3)nc(C(N)=O)n4C)c2=O)cccc1C(F)(F)F. The van der Waals surface area contributed by atoms with Gasteiger partial charge >= 0.3 is 11.9 Å². The van der Waals surface area contributed by atoms with E-state index in [9.17, 15) is 27.6 Å². The summed E-state index contributed by atoms with van der Waals surface area (Å²) in [5.74, 6) is -0.670. The van der Waals surface area contributed by atoms with Crippen LogP contribution in [0.2, 0.25) is 0 Å². The van der Waals surface area contributed by atoms with Crippen molar-refractivity contribution in [3.63, 3.8) is 0 Å². The summed E-state index contributed by atoms with van der Waals surface area (Å²) < 4.78 is 43.3. The van der Waals surface area contributed by atoms with Gasteiger partial charge in [-0.15, -0.1) is 0 Å². The van der Waals surface area contributed by atoms with Gasteiger partial charge in [-0.05, 0) is 42.3 Å². The maximum Gasteiger partial charge on any atom is 0.416 e. The number of aryl methyl sites for hydroxylation is 1. The predicted octanol–water partition coefficient (Wildman–Crippen LogP) is 2.36. The van der Waals surface area contributed by atoms with Gasteiger partial charge in [0.2, 0.25) is 0 Å². The third kappa shape index (κ3) is 3.81. The molecule has 0 aliphatic carbocycles. The molecule has 0 atom stereocenters. The van der Waals surface area contributed by atoms with Gasteiger partial charge in [0.25, 0.3) is 11.5 Å². The number of halogens is 3. The van der Waals surface area contributed by atoms with Crippen LogP contribution >= 0.6 is 0 Å². The Morgan fingerprint density at radius 2 is 1.85 bits per heavy atom. The van der Waals surface area contributed by atoms with Gasteiger partial charge in [0, 0.05) is 19.3 Å². The first-order chi connectivity index (χ1) is 15.5. The fraction of sp³-hybridized carbons (Fsp3) is 0.182. The number of rotatable bonds is 4. The highest BCUT2D eigenvalue weighted by molar-refractivity contribution is 5.94. The van der Waals surface area contributed by atoms with Gasteiger partial charge in [0.05, 0.1) is 28.8 Å².